The van der Waals surface area contributed by atoms with E-state index in [9.17, 15) is 0 Å². The average molecular weight is 273 g/mol. The van der Waals surface area contributed by atoms with Crippen molar-refractivity contribution in [3.05, 3.63) is 24.4 Å². The van der Waals surface area contributed by atoms with E-state index in [4.69, 9.17) is 15.2 Å². The average Bonchev–Trinajstić information content (AvgIpc) is 2.92. The summed E-state index contributed by atoms with van der Waals surface area (Å²) in [6.07, 6.45) is 3.91. The highest BCUT2D eigenvalue weighted by Crippen LogP contribution is 2.37. The molecule has 0 fully saturated rings. The van der Waals surface area contributed by atoms with Gasteiger partial charge in [-0.15, -0.1) is 0 Å². The lowest BCUT2D eigenvalue weighted by molar-refractivity contribution is 0.174. The number of anilines is 1. The number of pyridine rings is 1. The van der Waals surface area contributed by atoms with Crippen LogP contribution in [0.2, 0.25) is 0 Å². The van der Waals surface area contributed by atoms with Crippen LogP contribution in [0.5, 0.6) is 11.5 Å². The molecule has 2 heterocycles. The first-order valence-electron chi connectivity index (χ1n) is 6.96. The van der Waals surface area contributed by atoms with Gasteiger partial charge in [0.1, 0.15) is 5.82 Å². The second kappa shape index (κ2) is 5.54. The molecule has 1 atom stereocenters. The predicted molar refractivity (Wildman–Crippen MR) is 79.2 cm³/mol. The van der Waals surface area contributed by atoms with Crippen LogP contribution in [0.15, 0.2) is 24.4 Å². The molecular weight excluding hydrogens is 254 g/mol. The fourth-order valence-corrected chi connectivity index (χ4v) is 2.47. The van der Waals surface area contributed by atoms with Gasteiger partial charge in [-0.2, -0.15) is 0 Å². The summed E-state index contributed by atoms with van der Waals surface area (Å²) in [4.78, 5) is 4.44. The van der Waals surface area contributed by atoms with Gasteiger partial charge in [-0.1, -0.05) is 13.3 Å². The maximum atomic E-state index is 5.81. The highest BCUT2D eigenvalue weighted by molar-refractivity contribution is 5.94. The molecule has 0 radical (unpaired) electrons. The van der Waals surface area contributed by atoms with Gasteiger partial charge in [0.05, 0.1) is 0 Å². The van der Waals surface area contributed by atoms with Crippen molar-refractivity contribution in [3.8, 4) is 11.5 Å². The molecule has 5 nitrogen and oxygen atoms in total. The molecule has 0 saturated heterocycles. The number of ether oxygens (including phenoxy) is 2. The van der Waals surface area contributed by atoms with Crippen LogP contribution >= 0.6 is 0 Å². The highest BCUT2D eigenvalue weighted by atomic mass is 16.7. The fourth-order valence-electron chi connectivity index (χ4n) is 2.47. The largest absolute Gasteiger partial charge is 0.454 e. The summed E-state index contributed by atoms with van der Waals surface area (Å²) in [7, 11) is 0. The first kappa shape index (κ1) is 13.0. The van der Waals surface area contributed by atoms with Crippen LogP contribution in [0.3, 0.4) is 0 Å². The zero-order valence-electron chi connectivity index (χ0n) is 11.6. The van der Waals surface area contributed by atoms with E-state index in [1.54, 1.807) is 6.20 Å². The van der Waals surface area contributed by atoms with E-state index in [0.29, 0.717) is 6.54 Å². The molecule has 1 unspecified atom stereocenters. The van der Waals surface area contributed by atoms with Gasteiger partial charge in [-0.3, -0.25) is 0 Å². The standard InChI is InChI=1S/C15H19N3O2/c1-2-3-11(8-16)18-15-12-7-14-13(19-9-20-14)6-10(12)4-5-17-15/h4-7,11H,2-3,8-9,16H2,1H3,(H,17,18). The van der Waals surface area contributed by atoms with E-state index in [2.05, 4.69) is 17.2 Å². The van der Waals surface area contributed by atoms with Crippen LogP contribution in [-0.2, 0) is 0 Å². The molecule has 1 aromatic carbocycles. The lowest BCUT2D eigenvalue weighted by Crippen LogP contribution is -2.29. The maximum absolute atomic E-state index is 5.81. The zero-order chi connectivity index (χ0) is 13.9. The number of rotatable bonds is 5. The van der Waals surface area contributed by atoms with Crippen LogP contribution < -0.4 is 20.5 Å². The van der Waals surface area contributed by atoms with Gasteiger partial charge < -0.3 is 20.5 Å². The van der Waals surface area contributed by atoms with E-state index in [1.165, 1.54) is 0 Å². The SMILES string of the molecule is CCCC(CN)Nc1nccc2cc3c(cc12)OCO3. The highest BCUT2D eigenvalue weighted by Gasteiger charge is 2.16. The number of nitrogens with two attached hydrogens (primary N) is 1. The van der Waals surface area contributed by atoms with E-state index in [1.807, 2.05) is 18.2 Å². The van der Waals surface area contributed by atoms with Gasteiger partial charge in [0.25, 0.3) is 0 Å². The van der Waals surface area contributed by atoms with Crippen LogP contribution in [0.1, 0.15) is 19.8 Å². The van der Waals surface area contributed by atoms with E-state index in [0.717, 1.165) is 40.9 Å². The van der Waals surface area contributed by atoms with Crippen molar-refractivity contribution in [2.75, 3.05) is 18.7 Å². The third-order valence-corrected chi connectivity index (χ3v) is 3.52. The van der Waals surface area contributed by atoms with Crippen molar-refractivity contribution in [1.82, 2.24) is 4.98 Å². The van der Waals surface area contributed by atoms with Crippen LogP contribution in [-0.4, -0.2) is 24.4 Å². The summed E-state index contributed by atoms with van der Waals surface area (Å²) >= 11 is 0. The predicted octanol–water partition coefficient (Wildman–Crippen LogP) is 2.50. The lowest BCUT2D eigenvalue weighted by Gasteiger charge is -2.18. The molecule has 1 aromatic heterocycles. The second-order valence-electron chi connectivity index (χ2n) is 4.95. The zero-order valence-corrected chi connectivity index (χ0v) is 11.6. The van der Waals surface area contributed by atoms with Gasteiger partial charge in [-0.05, 0) is 30.0 Å². The molecule has 5 heteroatoms. The Hall–Kier alpha value is -2.01. The molecule has 106 valence electrons. The van der Waals surface area contributed by atoms with Gasteiger partial charge in [-0.25, -0.2) is 4.98 Å². The topological polar surface area (TPSA) is 69.4 Å². The number of hydrogen-bond acceptors (Lipinski definition) is 5. The molecule has 1 aliphatic heterocycles. The summed E-state index contributed by atoms with van der Waals surface area (Å²) < 4.78 is 10.8. The minimum atomic E-state index is 0.239. The quantitative estimate of drug-likeness (QED) is 0.876. The molecule has 3 N–H and O–H groups in total. The number of benzene rings is 1. The molecule has 1 aliphatic rings. The first-order valence-corrected chi connectivity index (χ1v) is 6.96. The van der Waals surface area contributed by atoms with Crippen molar-refractivity contribution < 1.29 is 9.47 Å². The van der Waals surface area contributed by atoms with Crippen molar-refractivity contribution in [1.29, 1.82) is 0 Å². The second-order valence-corrected chi connectivity index (χ2v) is 4.95. The Labute approximate surface area is 118 Å². The number of hydrogen-bond donors (Lipinski definition) is 2. The lowest BCUT2D eigenvalue weighted by atomic mass is 10.1. The Morgan fingerprint density at radius 2 is 2.15 bits per heavy atom. The molecule has 3 rings (SSSR count). The number of aromatic nitrogens is 1. The monoisotopic (exact) mass is 273 g/mol. The molecule has 0 bridgehead atoms. The Kier molecular flexibility index (Phi) is 3.60. The fraction of sp³-hybridized carbons (Fsp3) is 0.400. The smallest absolute Gasteiger partial charge is 0.231 e. The summed E-state index contributed by atoms with van der Waals surface area (Å²) in [5.74, 6) is 2.41. The normalized spacial score (nSPS) is 14.5. The summed E-state index contributed by atoms with van der Waals surface area (Å²) in [5.41, 5.74) is 5.81. The molecule has 2 aromatic rings. The van der Waals surface area contributed by atoms with Crippen molar-refractivity contribution in [3.63, 3.8) is 0 Å². The van der Waals surface area contributed by atoms with Crippen LogP contribution in [0.25, 0.3) is 10.8 Å². The van der Waals surface area contributed by atoms with Gasteiger partial charge in [0.2, 0.25) is 6.79 Å². The van der Waals surface area contributed by atoms with E-state index >= 15 is 0 Å². The number of nitrogens with zero attached hydrogens (tertiary/aromatic N) is 1. The number of nitrogens with one attached hydrogen (secondary N) is 1. The summed E-state index contributed by atoms with van der Waals surface area (Å²) in [5, 5.41) is 5.55. The third kappa shape index (κ3) is 2.36. The van der Waals surface area contributed by atoms with Gasteiger partial charge in [0.15, 0.2) is 11.5 Å². The van der Waals surface area contributed by atoms with Gasteiger partial charge >= 0.3 is 0 Å². The number of fused-ring (bicyclic) bond motifs is 2. The van der Waals surface area contributed by atoms with Crippen LogP contribution in [0, 0.1) is 0 Å². The van der Waals surface area contributed by atoms with Crippen molar-refractivity contribution in [2.45, 2.75) is 25.8 Å². The molecule has 20 heavy (non-hydrogen) atoms. The molecule has 0 spiro atoms. The Morgan fingerprint density at radius 3 is 2.90 bits per heavy atom. The Bertz CT molecular complexity index is 615. The molecule has 0 aliphatic carbocycles. The maximum Gasteiger partial charge on any atom is 0.231 e. The van der Waals surface area contributed by atoms with E-state index in [-0.39, 0.29) is 12.8 Å². The van der Waals surface area contributed by atoms with Gasteiger partial charge in [0, 0.05) is 24.2 Å². The minimum absolute atomic E-state index is 0.239. The third-order valence-electron chi connectivity index (χ3n) is 3.52. The molecule has 0 amide bonds. The molecular formula is C15H19N3O2. The van der Waals surface area contributed by atoms with Crippen molar-refractivity contribution in [2.24, 2.45) is 5.73 Å². The van der Waals surface area contributed by atoms with Crippen LogP contribution in [0.4, 0.5) is 5.82 Å². The first-order chi connectivity index (χ1) is 9.81. The Balaban J connectivity index is 1.98. The molecule has 0 saturated carbocycles. The summed E-state index contributed by atoms with van der Waals surface area (Å²) in [6.45, 7) is 3.03. The Morgan fingerprint density at radius 1 is 1.35 bits per heavy atom. The summed E-state index contributed by atoms with van der Waals surface area (Å²) in [6, 6.07) is 6.18. The minimum Gasteiger partial charge on any atom is -0.454 e. The van der Waals surface area contributed by atoms with Crippen molar-refractivity contribution >= 4 is 16.6 Å². The van der Waals surface area contributed by atoms with E-state index < -0.39 is 0 Å².